The third kappa shape index (κ3) is 4.02. The zero-order valence-corrected chi connectivity index (χ0v) is 13.7. The number of benzene rings is 3. The van der Waals surface area contributed by atoms with E-state index in [4.69, 9.17) is 4.74 Å². The molecular weight excluding hydrogens is 298 g/mol. The fourth-order valence-corrected chi connectivity index (χ4v) is 2.58. The number of carbonyl (C=O) groups excluding carboxylic acids is 1. The van der Waals surface area contributed by atoms with Gasteiger partial charge in [-0.3, -0.25) is 4.79 Å². The highest BCUT2D eigenvalue weighted by Crippen LogP contribution is 2.22. The van der Waals surface area contributed by atoms with Gasteiger partial charge < -0.3 is 10.1 Å². The monoisotopic (exact) mass is 317 g/mol. The maximum atomic E-state index is 12.5. The lowest BCUT2D eigenvalue weighted by Gasteiger charge is -2.09. The Hall–Kier alpha value is -3.07. The van der Waals surface area contributed by atoms with Crippen molar-refractivity contribution in [2.45, 2.75) is 13.8 Å². The van der Waals surface area contributed by atoms with Gasteiger partial charge in [-0.2, -0.15) is 0 Å². The highest BCUT2D eigenvalue weighted by atomic mass is 16.5. The van der Waals surface area contributed by atoms with E-state index in [-0.39, 0.29) is 5.91 Å². The number of aryl methyl sites for hydroxylation is 2. The summed E-state index contributed by atoms with van der Waals surface area (Å²) in [4.78, 5) is 12.5. The maximum Gasteiger partial charge on any atom is 0.255 e. The molecule has 3 rings (SSSR count). The number of nitrogens with one attached hydrogen (secondary N) is 1. The first-order valence-electron chi connectivity index (χ1n) is 7.83. The van der Waals surface area contributed by atoms with Crippen LogP contribution in [-0.4, -0.2) is 5.91 Å². The van der Waals surface area contributed by atoms with Crippen LogP contribution in [0.4, 0.5) is 5.69 Å². The van der Waals surface area contributed by atoms with Crippen LogP contribution in [0, 0.1) is 13.8 Å². The van der Waals surface area contributed by atoms with Gasteiger partial charge in [-0.15, -0.1) is 0 Å². The topological polar surface area (TPSA) is 38.3 Å². The Morgan fingerprint density at radius 1 is 0.792 bits per heavy atom. The Morgan fingerprint density at radius 3 is 2.17 bits per heavy atom. The number of amides is 1. The summed E-state index contributed by atoms with van der Waals surface area (Å²) in [6.07, 6.45) is 0. The van der Waals surface area contributed by atoms with E-state index in [0.717, 1.165) is 22.6 Å². The number of anilines is 1. The molecule has 0 unspecified atom stereocenters. The number of para-hydroxylation sites is 1. The first-order chi connectivity index (χ1) is 11.6. The average Bonchev–Trinajstić information content (AvgIpc) is 2.55. The molecule has 0 spiro atoms. The van der Waals surface area contributed by atoms with E-state index in [0.29, 0.717) is 11.3 Å². The van der Waals surface area contributed by atoms with E-state index in [1.165, 1.54) is 0 Å². The fraction of sp³-hybridized carbons (Fsp3) is 0.0952. The van der Waals surface area contributed by atoms with E-state index in [1.807, 2.05) is 68.4 Å². The van der Waals surface area contributed by atoms with Crippen molar-refractivity contribution in [2.24, 2.45) is 0 Å². The number of rotatable bonds is 4. The van der Waals surface area contributed by atoms with E-state index in [1.54, 1.807) is 12.1 Å². The maximum absolute atomic E-state index is 12.5. The zero-order valence-electron chi connectivity index (χ0n) is 13.7. The van der Waals surface area contributed by atoms with Gasteiger partial charge in [0, 0.05) is 11.3 Å². The molecule has 0 radical (unpaired) electrons. The van der Waals surface area contributed by atoms with Gasteiger partial charge in [0.2, 0.25) is 0 Å². The van der Waals surface area contributed by atoms with Gasteiger partial charge in [0.05, 0.1) is 0 Å². The van der Waals surface area contributed by atoms with Gasteiger partial charge in [0.1, 0.15) is 11.5 Å². The van der Waals surface area contributed by atoms with Crippen LogP contribution in [0.2, 0.25) is 0 Å². The summed E-state index contributed by atoms with van der Waals surface area (Å²) in [6, 6.07) is 22.6. The molecule has 120 valence electrons. The van der Waals surface area contributed by atoms with Gasteiger partial charge >= 0.3 is 0 Å². The predicted molar refractivity (Wildman–Crippen MR) is 96.8 cm³/mol. The first-order valence-corrected chi connectivity index (χ1v) is 7.83. The Bertz CT molecular complexity index is 836. The molecule has 0 aliphatic heterocycles. The summed E-state index contributed by atoms with van der Waals surface area (Å²) in [5, 5.41) is 2.94. The van der Waals surface area contributed by atoms with Crippen molar-refractivity contribution in [1.82, 2.24) is 0 Å². The van der Waals surface area contributed by atoms with Gasteiger partial charge in [0.15, 0.2) is 0 Å². The van der Waals surface area contributed by atoms with Gasteiger partial charge in [-0.1, -0.05) is 30.3 Å². The van der Waals surface area contributed by atoms with Crippen LogP contribution in [0.5, 0.6) is 11.5 Å². The standard InChI is InChI=1S/C21H19NO2/c1-15-11-16(2)13-18(12-15)22-21(23)17-7-6-10-20(14-17)24-19-8-4-3-5-9-19/h3-14H,1-2H3,(H,22,23). The third-order valence-corrected chi connectivity index (χ3v) is 3.55. The molecule has 0 aromatic heterocycles. The molecule has 0 heterocycles. The minimum absolute atomic E-state index is 0.154. The molecular formula is C21H19NO2. The Labute approximate surface area is 141 Å². The summed E-state index contributed by atoms with van der Waals surface area (Å²) in [6.45, 7) is 4.02. The molecule has 3 nitrogen and oxygen atoms in total. The SMILES string of the molecule is Cc1cc(C)cc(NC(=O)c2cccc(Oc3ccccc3)c2)c1. The second-order valence-electron chi connectivity index (χ2n) is 5.77. The molecule has 0 aliphatic carbocycles. The molecule has 0 fully saturated rings. The van der Waals surface area contributed by atoms with Gasteiger partial charge in [-0.25, -0.2) is 0 Å². The van der Waals surface area contributed by atoms with Crippen molar-refractivity contribution in [3.8, 4) is 11.5 Å². The Balaban J connectivity index is 1.76. The van der Waals surface area contributed by atoms with Crippen molar-refractivity contribution in [3.63, 3.8) is 0 Å². The van der Waals surface area contributed by atoms with E-state index < -0.39 is 0 Å². The average molecular weight is 317 g/mol. The minimum Gasteiger partial charge on any atom is -0.457 e. The zero-order chi connectivity index (χ0) is 16.9. The molecule has 3 heteroatoms. The number of ether oxygens (including phenoxy) is 1. The van der Waals surface area contributed by atoms with Gasteiger partial charge in [0.25, 0.3) is 5.91 Å². The van der Waals surface area contributed by atoms with Crippen molar-refractivity contribution in [2.75, 3.05) is 5.32 Å². The number of carbonyl (C=O) groups is 1. The summed E-state index contributed by atoms with van der Waals surface area (Å²) >= 11 is 0. The lowest BCUT2D eigenvalue weighted by molar-refractivity contribution is 0.102. The largest absolute Gasteiger partial charge is 0.457 e. The van der Waals surface area contributed by atoms with Crippen LogP contribution >= 0.6 is 0 Å². The highest BCUT2D eigenvalue weighted by molar-refractivity contribution is 6.04. The molecule has 3 aromatic rings. The second kappa shape index (κ2) is 7.01. The van der Waals surface area contributed by atoms with Crippen molar-refractivity contribution < 1.29 is 9.53 Å². The summed E-state index contributed by atoms with van der Waals surface area (Å²) in [7, 11) is 0. The molecule has 0 saturated heterocycles. The molecule has 1 amide bonds. The molecule has 0 bridgehead atoms. The number of hydrogen-bond donors (Lipinski definition) is 1. The van der Waals surface area contributed by atoms with Crippen LogP contribution in [-0.2, 0) is 0 Å². The predicted octanol–water partition coefficient (Wildman–Crippen LogP) is 5.35. The normalized spacial score (nSPS) is 10.2. The quantitative estimate of drug-likeness (QED) is 0.704. The minimum atomic E-state index is -0.154. The third-order valence-electron chi connectivity index (χ3n) is 3.55. The van der Waals surface area contributed by atoms with E-state index in [9.17, 15) is 4.79 Å². The molecule has 0 aliphatic rings. The van der Waals surface area contributed by atoms with Crippen molar-refractivity contribution in [3.05, 3.63) is 89.5 Å². The molecule has 0 saturated carbocycles. The van der Waals surface area contributed by atoms with Crippen molar-refractivity contribution >= 4 is 11.6 Å². The van der Waals surface area contributed by atoms with E-state index in [2.05, 4.69) is 11.4 Å². The molecule has 1 N–H and O–H groups in total. The van der Waals surface area contributed by atoms with Crippen molar-refractivity contribution in [1.29, 1.82) is 0 Å². The Kier molecular flexibility index (Phi) is 4.62. The Morgan fingerprint density at radius 2 is 1.46 bits per heavy atom. The highest BCUT2D eigenvalue weighted by Gasteiger charge is 2.08. The molecule has 3 aromatic carbocycles. The lowest BCUT2D eigenvalue weighted by atomic mass is 10.1. The lowest BCUT2D eigenvalue weighted by Crippen LogP contribution is -2.12. The van der Waals surface area contributed by atoms with E-state index >= 15 is 0 Å². The number of hydrogen-bond acceptors (Lipinski definition) is 2. The van der Waals surface area contributed by atoms with Crippen LogP contribution < -0.4 is 10.1 Å². The fourth-order valence-electron chi connectivity index (χ4n) is 2.58. The summed E-state index contributed by atoms with van der Waals surface area (Å²) in [5.41, 5.74) is 3.59. The van der Waals surface area contributed by atoms with Crippen LogP contribution in [0.3, 0.4) is 0 Å². The summed E-state index contributed by atoms with van der Waals surface area (Å²) < 4.78 is 5.78. The van der Waals surface area contributed by atoms with Crippen LogP contribution in [0.1, 0.15) is 21.5 Å². The summed E-state index contributed by atoms with van der Waals surface area (Å²) in [5.74, 6) is 1.22. The first kappa shape index (κ1) is 15.8. The van der Waals surface area contributed by atoms with Gasteiger partial charge in [-0.05, 0) is 67.4 Å². The molecule has 0 atom stereocenters. The second-order valence-corrected chi connectivity index (χ2v) is 5.77. The smallest absolute Gasteiger partial charge is 0.255 e. The molecule has 24 heavy (non-hydrogen) atoms. The van der Waals surface area contributed by atoms with Crippen LogP contribution in [0.15, 0.2) is 72.8 Å². The van der Waals surface area contributed by atoms with Crippen LogP contribution in [0.25, 0.3) is 0 Å².